The minimum absolute atomic E-state index is 0.158. The smallest absolute Gasteiger partial charge is 0.411 e. The van der Waals surface area contributed by atoms with Gasteiger partial charge >= 0.3 is 6.18 Å². The van der Waals surface area contributed by atoms with E-state index in [4.69, 9.17) is 4.42 Å². The number of benzene rings is 1. The van der Waals surface area contributed by atoms with Crippen LogP contribution < -0.4 is 0 Å². The lowest BCUT2D eigenvalue weighted by Crippen LogP contribution is -2.16. The number of hydrogen-bond donors (Lipinski definition) is 0. The van der Waals surface area contributed by atoms with Gasteiger partial charge in [0.1, 0.15) is 12.3 Å². The van der Waals surface area contributed by atoms with Crippen LogP contribution in [0.5, 0.6) is 0 Å². The van der Waals surface area contributed by atoms with E-state index in [1.54, 1.807) is 48.7 Å². The number of ether oxygens (including phenoxy) is 1. The van der Waals surface area contributed by atoms with Gasteiger partial charge < -0.3 is 9.15 Å². The standard InChI is InChI=1S/C16H12F3N3O2/c17-16(18,19)10-23-9-11-4-3-5-12(8-11)14-21-22-15(24-14)13-6-1-2-7-20-13/h1-8H,9-10H2. The minimum Gasteiger partial charge on any atom is -0.415 e. The Morgan fingerprint density at radius 2 is 1.83 bits per heavy atom. The molecule has 0 atom stereocenters. The zero-order chi connectivity index (χ0) is 17.0. The van der Waals surface area contributed by atoms with Gasteiger partial charge in [-0.25, -0.2) is 0 Å². The highest BCUT2D eigenvalue weighted by molar-refractivity contribution is 5.56. The highest BCUT2D eigenvalue weighted by Crippen LogP contribution is 2.23. The average Bonchev–Trinajstić information content (AvgIpc) is 3.05. The van der Waals surface area contributed by atoms with Crippen LogP contribution in [0.4, 0.5) is 13.2 Å². The molecule has 0 spiro atoms. The third-order valence-electron chi connectivity index (χ3n) is 3.02. The third-order valence-corrected chi connectivity index (χ3v) is 3.02. The highest BCUT2D eigenvalue weighted by Gasteiger charge is 2.27. The molecule has 24 heavy (non-hydrogen) atoms. The Morgan fingerprint density at radius 1 is 1.00 bits per heavy atom. The first-order valence-corrected chi connectivity index (χ1v) is 7.00. The van der Waals surface area contributed by atoms with Gasteiger partial charge in [0.2, 0.25) is 5.89 Å². The molecule has 0 saturated carbocycles. The van der Waals surface area contributed by atoms with E-state index in [1.165, 1.54) is 0 Å². The first kappa shape index (κ1) is 16.1. The fourth-order valence-corrected chi connectivity index (χ4v) is 2.01. The van der Waals surface area contributed by atoms with Crippen LogP contribution in [0.1, 0.15) is 5.56 Å². The normalized spacial score (nSPS) is 11.6. The van der Waals surface area contributed by atoms with E-state index >= 15 is 0 Å². The van der Waals surface area contributed by atoms with Crippen LogP contribution in [0.25, 0.3) is 23.0 Å². The fourth-order valence-electron chi connectivity index (χ4n) is 2.01. The summed E-state index contributed by atoms with van der Waals surface area (Å²) in [6.45, 7) is -1.45. The fraction of sp³-hybridized carbons (Fsp3) is 0.188. The van der Waals surface area contributed by atoms with Crippen molar-refractivity contribution in [2.45, 2.75) is 12.8 Å². The van der Waals surface area contributed by atoms with Crippen molar-refractivity contribution in [2.24, 2.45) is 0 Å². The SMILES string of the molecule is FC(F)(F)COCc1cccc(-c2nnc(-c3ccccn3)o2)c1. The maximum atomic E-state index is 12.1. The van der Waals surface area contributed by atoms with Crippen LogP contribution >= 0.6 is 0 Å². The Bertz CT molecular complexity index is 804. The number of nitrogens with zero attached hydrogens (tertiary/aromatic N) is 3. The van der Waals surface area contributed by atoms with E-state index in [1.807, 2.05) is 0 Å². The van der Waals surface area contributed by atoms with E-state index in [-0.39, 0.29) is 18.4 Å². The summed E-state index contributed by atoms with van der Waals surface area (Å²) in [6.07, 6.45) is -2.74. The maximum absolute atomic E-state index is 12.1. The third kappa shape index (κ3) is 4.17. The van der Waals surface area contributed by atoms with E-state index < -0.39 is 12.8 Å². The number of alkyl halides is 3. The van der Waals surface area contributed by atoms with Crippen molar-refractivity contribution < 1.29 is 22.3 Å². The molecule has 0 bridgehead atoms. The first-order valence-electron chi connectivity index (χ1n) is 7.00. The number of pyridine rings is 1. The highest BCUT2D eigenvalue weighted by atomic mass is 19.4. The van der Waals surface area contributed by atoms with Crippen molar-refractivity contribution in [1.29, 1.82) is 0 Å². The summed E-state index contributed by atoms with van der Waals surface area (Å²) in [4.78, 5) is 4.11. The van der Waals surface area contributed by atoms with Crippen LogP contribution in [-0.4, -0.2) is 28.0 Å². The number of halogens is 3. The monoisotopic (exact) mass is 335 g/mol. The minimum atomic E-state index is -4.35. The van der Waals surface area contributed by atoms with Gasteiger partial charge in [-0.1, -0.05) is 18.2 Å². The number of rotatable bonds is 5. The number of aromatic nitrogens is 3. The molecule has 8 heteroatoms. The topological polar surface area (TPSA) is 61.0 Å². The van der Waals surface area contributed by atoms with Crippen molar-refractivity contribution in [3.05, 3.63) is 54.2 Å². The van der Waals surface area contributed by atoms with Crippen molar-refractivity contribution in [1.82, 2.24) is 15.2 Å². The molecule has 3 aromatic rings. The summed E-state index contributed by atoms with van der Waals surface area (Å²) in [5.74, 6) is 0.526. The molecule has 124 valence electrons. The molecule has 0 aliphatic rings. The second-order valence-corrected chi connectivity index (χ2v) is 4.94. The Kier molecular flexibility index (Phi) is 4.57. The summed E-state index contributed by atoms with van der Waals surface area (Å²) in [7, 11) is 0. The average molecular weight is 335 g/mol. The Labute approximate surface area is 135 Å². The molecule has 0 saturated heterocycles. The summed E-state index contributed by atoms with van der Waals surface area (Å²) < 4.78 is 46.5. The second kappa shape index (κ2) is 6.79. The van der Waals surface area contributed by atoms with Crippen LogP contribution in [0.3, 0.4) is 0 Å². The maximum Gasteiger partial charge on any atom is 0.411 e. The molecule has 0 amide bonds. The molecule has 2 aromatic heterocycles. The van der Waals surface area contributed by atoms with Gasteiger partial charge in [0.05, 0.1) is 6.61 Å². The molecule has 1 aromatic carbocycles. The quantitative estimate of drug-likeness (QED) is 0.708. The predicted octanol–water partition coefficient (Wildman–Crippen LogP) is 3.88. The van der Waals surface area contributed by atoms with Crippen LogP contribution in [-0.2, 0) is 11.3 Å². The summed E-state index contributed by atoms with van der Waals surface area (Å²) >= 11 is 0. The predicted molar refractivity (Wildman–Crippen MR) is 78.7 cm³/mol. The molecule has 0 N–H and O–H groups in total. The lowest BCUT2D eigenvalue weighted by atomic mass is 10.1. The molecule has 0 radical (unpaired) electrons. The van der Waals surface area contributed by atoms with E-state index in [9.17, 15) is 13.2 Å². The van der Waals surface area contributed by atoms with Crippen molar-refractivity contribution in [2.75, 3.05) is 6.61 Å². The van der Waals surface area contributed by atoms with E-state index in [0.717, 1.165) is 0 Å². The van der Waals surface area contributed by atoms with E-state index in [0.29, 0.717) is 16.8 Å². The van der Waals surface area contributed by atoms with Crippen molar-refractivity contribution >= 4 is 0 Å². The molecule has 2 heterocycles. The lowest BCUT2D eigenvalue weighted by molar-refractivity contribution is -0.176. The molecule has 3 rings (SSSR count). The van der Waals surface area contributed by atoms with Crippen LogP contribution in [0.15, 0.2) is 53.1 Å². The van der Waals surface area contributed by atoms with Gasteiger partial charge in [0, 0.05) is 11.8 Å². The molecule has 0 unspecified atom stereocenters. The summed E-state index contributed by atoms with van der Waals surface area (Å²) in [6, 6.07) is 12.0. The first-order chi connectivity index (χ1) is 11.5. The van der Waals surface area contributed by atoms with Gasteiger partial charge in [-0.3, -0.25) is 4.98 Å². The van der Waals surface area contributed by atoms with Crippen molar-refractivity contribution in [3.8, 4) is 23.0 Å². The summed E-state index contributed by atoms with van der Waals surface area (Å²) in [5, 5.41) is 7.87. The Morgan fingerprint density at radius 3 is 2.58 bits per heavy atom. The van der Waals surface area contributed by atoms with Gasteiger partial charge in [-0.05, 0) is 29.8 Å². The number of hydrogen-bond acceptors (Lipinski definition) is 5. The molecule has 5 nitrogen and oxygen atoms in total. The molecular formula is C16H12F3N3O2. The van der Waals surface area contributed by atoms with Crippen LogP contribution in [0.2, 0.25) is 0 Å². The molecule has 0 aliphatic carbocycles. The summed E-state index contributed by atoms with van der Waals surface area (Å²) in [5.41, 5.74) is 1.72. The molecule has 0 aliphatic heterocycles. The zero-order valence-corrected chi connectivity index (χ0v) is 12.3. The van der Waals surface area contributed by atoms with Gasteiger partial charge in [-0.2, -0.15) is 13.2 Å². The van der Waals surface area contributed by atoms with Gasteiger partial charge in [-0.15, -0.1) is 10.2 Å². The Balaban J connectivity index is 1.74. The van der Waals surface area contributed by atoms with Crippen LogP contribution in [0, 0.1) is 0 Å². The lowest BCUT2D eigenvalue weighted by Gasteiger charge is -2.08. The molecular weight excluding hydrogens is 323 g/mol. The largest absolute Gasteiger partial charge is 0.415 e. The van der Waals surface area contributed by atoms with Crippen molar-refractivity contribution in [3.63, 3.8) is 0 Å². The molecule has 0 fully saturated rings. The van der Waals surface area contributed by atoms with Gasteiger partial charge in [0.25, 0.3) is 5.89 Å². The zero-order valence-electron chi connectivity index (χ0n) is 12.3. The second-order valence-electron chi connectivity index (χ2n) is 4.94. The van der Waals surface area contributed by atoms with Gasteiger partial charge in [0.15, 0.2) is 0 Å². The van der Waals surface area contributed by atoms with E-state index in [2.05, 4.69) is 19.9 Å². The Hall–Kier alpha value is -2.74.